The molecule has 4 rings (SSSR count). The Kier molecular flexibility index (Phi) is 5.67. The van der Waals surface area contributed by atoms with Gasteiger partial charge in [-0.1, -0.05) is 18.2 Å². The van der Waals surface area contributed by atoms with Gasteiger partial charge in [0.05, 0.1) is 12.1 Å². The molecular weight excluding hydrogens is 371 g/mol. The molecule has 1 aliphatic rings. The van der Waals surface area contributed by atoms with Gasteiger partial charge in [0.2, 0.25) is 0 Å². The minimum absolute atomic E-state index is 0.0430. The number of rotatable bonds is 5. The molecule has 0 saturated carbocycles. The lowest BCUT2D eigenvalue weighted by Crippen LogP contribution is -2.49. The number of amides is 1. The van der Waals surface area contributed by atoms with Gasteiger partial charge in [-0.3, -0.25) is 9.69 Å². The zero-order chi connectivity index (χ0) is 20.2. The van der Waals surface area contributed by atoms with Gasteiger partial charge in [0.15, 0.2) is 6.61 Å². The molecular formula is C22H23FN4O2. The van der Waals surface area contributed by atoms with Crippen molar-refractivity contribution in [2.24, 2.45) is 0 Å². The van der Waals surface area contributed by atoms with Crippen LogP contribution in [0.15, 0.2) is 48.5 Å². The monoisotopic (exact) mass is 394 g/mol. The normalized spacial score (nSPS) is 14.9. The maximum Gasteiger partial charge on any atom is 0.260 e. The van der Waals surface area contributed by atoms with Crippen molar-refractivity contribution in [3.05, 3.63) is 65.9 Å². The second-order valence-electron chi connectivity index (χ2n) is 7.14. The third-order valence-corrected chi connectivity index (χ3v) is 5.11. The first-order valence-electron chi connectivity index (χ1n) is 9.69. The fourth-order valence-corrected chi connectivity index (χ4v) is 3.49. The minimum Gasteiger partial charge on any atom is -0.484 e. The molecule has 150 valence electrons. The SMILES string of the molecule is Cc1nc(CN2CCN(C(=O)COc3ccc(F)cc3)CC2)nc2ccccc12. The summed E-state index contributed by atoms with van der Waals surface area (Å²) in [5.41, 5.74) is 1.94. The zero-order valence-electron chi connectivity index (χ0n) is 16.3. The van der Waals surface area contributed by atoms with Crippen LogP contribution in [0.5, 0.6) is 5.75 Å². The lowest BCUT2D eigenvalue weighted by atomic mass is 10.2. The Morgan fingerprint density at radius 3 is 2.52 bits per heavy atom. The second kappa shape index (κ2) is 8.53. The molecule has 2 aromatic carbocycles. The molecule has 0 spiro atoms. The first-order valence-corrected chi connectivity index (χ1v) is 9.69. The fraction of sp³-hybridized carbons (Fsp3) is 0.318. The first kappa shape index (κ1) is 19.3. The van der Waals surface area contributed by atoms with Crippen LogP contribution >= 0.6 is 0 Å². The smallest absolute Gasteiger partial charge is 0.260 e. The molecule has 1 aliphatic heterocycles. The summed E-state index contributed by atoms with van der Waals surface area (Å²) in [5.74, 6) is 0.903. The highest BCUT2D eigenvalue weighted by Gasteiger charge is 2.22. The predicted molar refractivity (Wildman–Crippen MR) is 108 cm³/mol. The lowest BCUT2D eigenvalue weighted by Gasteiger charge is -2.34. The lowest BCUT2D eigenvalue weighted by molar-refractivity contribution is -0.135. The highest BCUT2D eigenvalue weighted by Crippen LogP contribution is 2.16. The van der Waals surface area contributed by atoms with Crippen LogP contribution < -0.4 is 4.74 Å². The average Bonchev–Trinajstić information content (AvgIpc) is 2.74. The Labute approximate surface area is 168 Å². The summed E-state index contributed by atoms with van der Waals surface area (Å²) in [6.45, 7) is 5.43. The van der Waals surface area contributed by atoms with Gasteiger partial charge in [0.1, 0.15) is 17.4 Å². The fourth-order valence-electron chi connectivity index (χ4n) is 3.49. The Balaban J connectivity index is 1.29. The summed E-state index contributed by atoms with van der Waals surface area (Å²) in [6.07, 6.45) is 0. The van der Waals surface area contributed by atoms with Gasteiger partial charge in [-0.15, -0.1) is 0 Å². The molecule has 0 N–H and O–H groups in total. The predicted octanol–water partition coefficient (Wildman–Crippen LogP) is 2.80. The zero-order valence-corrected chi connectivity index (χ0v) is 16.3. The van der Waals surface area contributed by atoms with Crippen LogP contribution in [0.3, 0.4) is 0 Å². The quantitative estimate of drug-likeness (QED) is 0.666. The number of para-hydroxylation sites is 1. The van der Waals surface area contributed by atoms with E-state index in [4.69, 9.17) is 4.74 Å². The highest BCUT2D eigenvalue weighted by atomic mass is 19.1. The number of hydrogen-bond acceptors (Lipinski definition) is 5. The van der Waals surface area contributed by atoms with Crippen LogP contribution in [0.2, 0.25) is 0 Å². The molecule has 29 heavy (non-hydrogen) atoms. The van der Waals surface area contributed by atoms with Crippen LogP contribution in [0.25, 0.3) is 10.9 Å². The van der Waals surface area contributed by atoms with E-state index in [1.165, 1.54) is 24.3 Å². The molecule has 0 radical (unpaired) electrons. The van der Waals surface area contributed by atoms with Gasteiger partial charge >= 0.3 is 0 Å². The molecule has 2 heterocycles. The van der Waals surface area contributed by atoms with E-state index in [2.05, 4.69) is 14.9 Å². The van der Waals surface area contributed by atoms with E-state index in [0.717, 1.165) is 35.5 Å². The maximum absolute atomic E-state index is 12.9. The van der Waals surface area contributed by atoms with E-state index in [1.54, 1.807) is 4.90 Å². The Hall–Kier alpha value is -3.06. The number of aromatic nitrogens is 2. The number of carbonyl (C=O) groups is 1. The molecule has 0 unspecified atom stereocenters. The van der Waals surface area contributed by atoms with Crippen molar-refractivity contribution in [2.75, 3.05) is 32.8 Å². The van der Waals surface area contributed by atoms with Crippen LogP contribution in [0.1, 0.15) is 11.5 Å². The van der Waals surface area contributed by atoms with Crippen molar-refractivity contribution < 1.29 is 13.9 Å². The summed E-state index contributed by atoms with van der Waals surface area (Å²) in [4.78, 5) is 25.7. The molecule has 1 amide bonds. The summed E-state index contributed by atoms with van der Waals surface area (Å²) in [5, 5.41) is 1.08. The molecule has 7 heteroatoms. The van der Waals surface area contributed by atoms with Gasteiger partial charge in [0.25, 0.3) is 5.91 Å². The molecule has 0 atom stereocenters. The van der Waals surface area contributed by atoms with Crippen LogP contribution in [0.4, 0.5) is 4.39 Å². The van der Waals surface area contributed by atoms with Crippen LogP contribution in [-0.2, 0) is 11.3 Å². The third-order valence-electron chi connectivity index (χ3n) is 5.11. The minimum atomic E-state index is -0.328. The van der Waals surface area contributed by atoms with Gasteiger partial charge in [-0.05, 0) is 37.3 Å². The number of aryl methyl sites for hydroxylation is 1. The van der Waals surface area contributed by atoms with Gasteiger partial charge < -0.3 is 9.64 Å². The van der Waals surface area contributed by atoms with Crippen LogP contribution in [0, 0.1) is 12.7 Å². The average molecular weight is 394 g/mol. The Morgan fingerprint density at radius 1 is 1.03 bits per heavy atom. The standard InChI is InChI=1S/C22H23FN4O2/c1-16-19-4-2-3-5-20(19)25-21(24-16)14-26-10-12-27(13-11-26)22(28)15-29-18-8-6-17(23)7-9-18/h2-9H,10-15H2,1H3. The number of carbonyl (C=O) groups excluding carboxylic acids is 1. The number of ether oxygens (including phenoxy) is 1. The largest absolute Gasteiger partial charge is 0.484 e. The highest BCUT2D eigenvalue weighted by molar-refractivity contribution is 5.80. The maximum atomic E-state index is 12.9. The number of hydrogen-bond donors (Lipinski definition) is 0. The van der Waals surface area contributed by atoms with Gasteiger partial charge in [-0.2, -0.15) is 0 Å². The number of fused-ring (bicyclic) bond motifs is 1. The van der Waals surface area contributed by atoms with E-state index < -0.39 is 0 Å². The van der Waals surface area contributed by atoms with Gasteiger partial charge in [0, 0.05) is 37.3 Å². The van der Waals surface area contributed by atoms with Crippen LogP contribution in [-0.4, -0.2) is 58.5 Å². The second-order valence-corrected chi connectivity index (χ2v) is 7.14. The molecule has 0 aliphatic carbocycles. The van der Waals surface area contributed by atoms with E-state index in [-0.39, 0.29) is 18.3 Å². The van der Waals surface area contributed by atoms with E-state index in [0.29, 0.717) is 25.4 Å². The number of halogens is 1. The molecule has 1 saturated heterocycles. The summed E-state index contributed by atoms with van der Waals surface area (Å²) in [6, 6.07) is 13.7. The number of nitrogens with zero attached hydrogens (tertiary/aromatic N) is 4. The molecule has 3 aromatic rings. The number of piperazine rings is 1. The summed E-state index contributed by atoms with van der Waals surface area (Å²) < 4.78 is 18.4. The van der Waals surface area contributed by atoms with E-state index in [9.17, 15) is 9.18 Å². The molecule has 0 bridgehead atoms. The van der Waals surface area contributed by atoms with E-state index in [1.807, 2.05) is 31.2 Å². The van der Waals surface area contributed by atoms with Crippen molar-refractivity contribution in [2.45, 2.75) is 13.5 Å². The first-order chi connectivity index (χ1) is 14.1. The van der Waals surface area contributed by atoms with Crippen molar-refractivity contribution in [3.8, 4) is 5.75 Å². The van der Waals surface area contributed by atoms with Crippen molar-refractivity contribution in [1.82, 2.24) is 19.8 Å². The van der Waals surface area contributed by atoms with Gasteiger partial charge in [-0.25, -0.2) is 14.4 Å². The van der Waals surface area contributed by atoms with E-state index >= 15 is 0 Å². The van der Waals surface area contributed by atoms with Crippen molar-refractivity contribution in [3.63, 3.8) is 0 Å². The molecule has 1 fully saturated rings. The Bertz CT molecular complexity index is 1000. The molecule has 1 aromatic heterocycles. The number of benzene rings is 2. The van der Waals surface area contributed by atoms with Crippen molar-refractivity contribution in [1.29, 1.82) is 0 Å². The Morgan fingerprint density at radius 2 is 1.76 bits per heavy atom. The molecule has 6 nitrogen and oxygen atoms in total. The summed E-state index contributed by atoms with van der Waals surface area (Å²) in [7, 11) is 0. The third kappa shape index (κ3) is 4.68. The van der Waals surface area contributed by atoms with Crippen molar-refractivity contribution >= 4 is 16.8 Å². The summed E-state index contributed by atoms with van der Waals surface area (Å²) >= 11 is 0. The topological polar surface area (TPSA) is 58.6 Å².